The minimum absolute atomic E-state index is 0.0603. The van der Waals surface area contributed by atoms with Gasteiger partial charge >= 0.3 is 0 Å². The molecule has 0 radical (unpaired) electrons. The first-order valence-corrected chi connectivity index (χ1v) is 7.00. The van der Waals surface area contributed by atoms with E-state index in [0.29, 0.717) is 0 Å². The van der Waals surface area contributed by atoms with Gasteiger partial charge in [0.25, 0.3) is 0 Å². The third kappa shape index (κ3) is 4.54. The zero-order valence-electron chi connectivity index (χ0n) is 11.0. The lowest BCUT2D eigenvalue weighted by atomic mass is 10.1. The van der Waals surface area contributed by atoms with Crippen molar-refractivity contribution in [2.24, 2.45) is 0 Å². The van der Waals surface area contributed by atoms with Gasteiger partial charge in [-0.3, -0.25) is 0 Å². The van der Waals surface area contributed by atoms with Gasteiger partial charge in [0, 0.05) is 19.2 Å². The maximum atomic E-state index is 5.76. The molecule has 2 aliphatic heterocycles. The molecule has 0 aliphatic carbocycles. The van der Waals surface area contributed by atoms with Crippen molar-refractivity contribution >= 4 is 0 Å². The molecular weight excluding hydrogens is 216 g/mol. The Labute approximate surface area is 105 Å². The third-order valence-electron chi connectivity index (χ3n) is 3.82. The first kappa shape index (κ1) is 13.3. The Bertz CT molecular complexity index is 202. The molecule has 2 fully saturated rings. The minimum atomic E-state index is 0.0603. The fourth-order valence-corrected chi connectivity index (χ4v) is 2.60. The number of nitrogens with zero attached hydrogens (tertiary/aromatic N) is 1. The van der Waals surface area contributed by atoms with Crippen LogP contribution in [-0.4, -0.2) is 57.1 Å². The van der Waals surface area contributed by atoms with E-state index in [4.69, 9.17) is 9.47 Å². The zero-order chi connectivity index (χ0) is 11.9. The molecule has 1 atom stereocenters. The number of piperidine rings is 1. The van der Waals surface area contributed by atoms with Crippen LogP contribution in [0.25, 0.3) is 0 Å². The van der Waals surface area contributed by atoms with E-state index in [0.717, 1.165) is 45.3 Å². The molecule has 0 spiro atoms. The Hall–Kier alpha value is -0.160. The highest BCUT2D eigenvalue weighted by molar-refractivity contribution is 4.75. The fraction of sp³-hybridized carbons (Fsp3) is 1.00. The highest BCUT2D eigenvalue weighted by Crippen LogP contribution is 2.14. The van der Waals surface area contributed by atoms with Gasteiger partial charge in [-0.2, -0.15) is 0 Å². The van der Waals surface area contributed by atoms with Crippen molar-refractivity contribution < 1.29 is 9.47 Å². The lowest BCUT2D eigenvalue weighted by Crippen LogP contribution is -2.42. The molecule has 17 heavy (non-hydrogen) atoms. The number of hydrogen-bond donors (Lipinski definition) is 1. The van der Waals surface area contributed by atoms with E-state index in [2.05, 4.69) is 17.3 Å². The molecular formula is C13H26N2O2. The topological polar surface area (TPSA) is 33.7 Å². The molecule has 0 aromatic rings. The van der Waals surface area contributed by atoms with Gasteiger partial charge in [0.1, 0.15) is 0 Å². The largest absolute Gasteiger partial charge is 0.353 e. The smallest absolute Gasteiger partial charge is 0.157 e. The van der Waals surface area contributed by atoms with Crippen LogP contribution in [0.1, 0.15) is 32.1 Å². The number of hydrogen-bond acceptors (Lipinski definition) is 4. The quantitative estimate of drug-likeness (QED) is 0.786. The van der Waals surface area contributed by atoms with Crippen LogP contribution in [0, 0.1) is 0 Å². The van der Waals surface area contributed by atoms with E-state index >= 15 is 0 Å². The molecule has 0 saturated carbocycles. The molecule has 100 valence electrons. The van der Waals surface area contributed by atoms with Crippen LogP contribution in [0.4, 0.5) is 0 Å². The van der Waals surface area contributed by atoms with E-state index in [9.17, 15) is 0 Å². The van der Waals surface area contributed by atoms with Gasteiger partial charge in [-0.25, -0.2) is 0 Å². The molecule has 0 aromatic carbocycles. The van der Waals surface area contributed by atoms with Gasteiger partial charge < -0.3 is 19.7 Å². The second kappa shape index (κ2) is 7.31. The van der Waals surface area contributed by atoms with Gasteiger partial charge in [-0.15, -0.1) is 0 Å². The number of rotatable bonds is 5. The predicted molar refractivity (Wildman–Crippen MR) is 68.1 cm³/mol. The van der Waals surface area contributed by atoms with E-state index in [1.807, 2.05) is 0 Å². The summed E-state index contributed by atoms with van der Waals surface area (Å²) in [6.45, 7) is 4.99. The van der Waals surface area contributed by atoms with E-state index < -0.39 is 0 Å². The van der Waals surface area contributed by atoms with Crippen LogP contribution in [0.5, 0.6) is 0 Å². The summed E-state index contributed by atoms with van der Waals surface area (Å²) < 4.78 is 11.3. The average molecular weight is 242 g/mol. The Morgan fingerprint density at radius 1 is 1.24 bits per heavy atom. The predicted octanol–water partition coefficient (Wildman–Crippen LogP) is 1.21. The summed E-state index contributed by atoms with van der Waals surface area (Å²) in [5.74, 6) is 0. The van der Waals surface area contributed by atoms with Crippen LogP contribution in [-0.2, 0) is 9.47 Å². The molecule has 2 saturated heterocycles. The van der Waals surface area contributed by atoms with Gasteiger partial charge in [0.05, 0.1) is 6.61 Å². The Morgan fingerprint density at radius 2 is 2.06 bits per heavy atom. The van der Waals surface area contributed by atoms with Crippen molar-refractivity contribution in [2.45, 2.75) is 44.4 Å². The highest BCUT2D eigenvalue weighted by atomic mass is 16.7. The summed E-state index contributed by atoms with van der Waals surface area (Å²) in [4.78, 5) is 2.43. The monoisotopic (exact) mass is 242 g/mol. The SMILES string of the molecule is CN(CCOC1CCCCO1)C1CCNCC1. The first-order chi connectivity index (χ1) is 8.36. The molecule has 4 heteroatoms. The van der Waals surface area contributed by atoms with E-state index in [1.165, 1.54) is 25.7 Å². The summed E-state index contributed by atoms with van der Waals surface area (Å²) in [6, 6.07) is 0.729. The van der Waals surface area contributed by atoms with Crippen LogP contribution >= 0.6 is 0 Å². The summed E-state index contributed by atoms with van der Waals surface area (Å²) in [7, 11) is 2.21. The molecule has 1 N–H and O–H groups in total. The maximum Gasteiger partial charge on any atom is 0.157 e. The summed E-state index contributed by atoms with van der Waals surface area (Å²) in [6.07, 6.45) is 6.08. The van der Waals surface area contributed by atoms with Crippen molar-refractivity contribution in [3.63, 3.8) is 0 Å². The van der Waals surface area contributed by atoms with Crippen LogP contribution in [0.15, 0.2) is 0 Å². The van der Waals surface area contributed by atoms with Crippen LogP contribution in [0.3, 0.4) is 0 Å². The molecule has 2 heterocycles. The molecule has 2 rings (SSSR count). The third-order valence-corrected chi connectivity index (χ3v) is 3.82. The molecule has 1 unspecified atom stereocenters. The maximum absolute atomic E-state index is 5.76. The van der Waals surface area contributed by atoms with Gasteiger partial charge in [-0.1, -0.05) is 0 Å². The van der Waals surface area contributed by atoms with Crippen molar-refractivity contribution in [1.29, 1.82) is 0 Å². The first-order valence-electron chi connectivity index (χ1n) is 7.00. The standard InChI is InChI=1S/C13H26N2O2/c1-15(12-5-7-14-8-6-12)9-11-17-13-4-2-3-10-16-13/h12-14H,2-11H2,1H3. The van der Waals surface area contributed by atoms with E-state index in [1.54, 1.807) is 0 Å². The Morgan fingerprint density at radius 3 is 2.76 bits per heavy atom. The van der Waals surface area contributed by atoms with Gasteiger partial charge in [-0.05, 0) is 52.2 Å². The number of likely N-dealkylation sites (N-methyl/N-ethyl adjacent to an activating group) is 1. The normalized spacial score (nSPS) is 27.5. The van der Waals surface area contributed by atoms with Crippen LogP contribution in [0.2, 0.25) is 0 Å². The van der Waals surface area contributed by atoms with Crippen molar-refractivity contribution in [2.75, 3.05) is 39.9 Å². The number of ether oxygens (including phenoxy) is 2. The molecule has 0 amide bonds. The summed E-state index contributed by atoms with van der Waals surface area (Å²) in [5.41, 5.74) is 0. The van der Waals surface area contributed by atoms with Gasteiger partial charge in [0.15, 0.2) is 6.29 Å². The summed E-state index contributed by atoms with van der Waals surface area (Å²) >= 11 is 0. The zero-order valence-corrected chi connectivity index (χ0v) is 11.0. The lowest BCUT2D eigenvalue weighted by molar-refractivity contribution is -0.164. The molecule has 4 nitrogen and oxygen atoms in total. The van der Waals surface area contributed by atoms with Crippen molar-refractivity contribution in [3.05, 3.63) is 0 Å². The van der Waals surface area contributed by atoms with Crippen molar-refractivity contribution in [3.8, 4) is 0 Å². The Kier molecular flexibility index (Phi) is 5.71. The van der Waals surface area contributed by atoms with E-state index in [-0.39, 0.29) is 6.29 Å². The molecule has 2 aliphatic rings. The molecule has 0 aromatic heterocycles. The lowest BCUT2D eigenvalue weighted by Gasteiger charge is -2.32. The minimum Gasteiger partial charge on any atom is -0.353 e. The fourth-order valence-electron chi connectivity index (χ4n) is 2.60. The van der Waals surface area contributed by atoms with Gasteiger partial charge in [0.2, 0.25) is 0 Å². The second-order valence-electron chi connectivity index (χ2n) is 5.13. The Balaban J connectivity index is 1.57. The van der Waals surface area contributed by atoms with Crippen LogP contribution < -0.4 is 5.32 Å². The average Bonchev–Trinajstić information content (AvgIpc) is 2.41. The highest BCUT2D eigenvalue weighted by Gasteiger charge is 2.18. The second-order valence-corrected chi connectivity index (χ2v) is 5.13. The van der Waals surface area contributed by atoms with Crippen molar-refractivity contribution in [1.82, 2.24) is 10.2 Å². The summed E-state index contributed by atoms with van der Waals surface area (Å²) in [5, 5.41) is 3.40. The molecule has 0 bridgehead atoms. The number of nitrogens with one attached hydrogen (secondary N) is 1.